The number of fused-ring (bicyclic) bond motifs is 1. The second-order valence-corrected chi connectivity index (χ2v) is 8.14. The summed E-state index contributed by atoms with van der Waals surface area (Å²) >= 11 is 0. The Labute approximate surface area is 173 Å². The molecule has 158 valence electrons. The molecule has 1 aliphatic rings. The third-order valence-electron chi connectivity index (χ3n) is 6.24. The van der Waals surface area contributed by atoms with Crippen molar-refractivity contribution in [3.05, 3.63) is 66.0 Å². The molecule has 0 amide bonds. The molecule has 0 radical (unpaired) electrons. The summed E-state index contributed by atoms with van der Waals surface area (Å²) in [6.45, 7) is 2.23. The number of ether oxygens (including phenoxy) is 1. The molecule has 1 fully saturated rings. The molecule has 0 atom stereocenters. The zero-order chi connectivity index (χ0) is 21.3. The first-order valence-electron chi connectivity index (χ1n) is 10.4. The molecule has 1 saturated carbocycles. The molecule has 0 spiro atoms. The van der Waals surface area contributed by atoms with E-state index in [2.05, 4.69) is 11.7 Å². The molecule has 30 heavy (non-hydrogen) atoms. The Balaban J connectivity index is 1.56. The van der Waals surface area contributed by atoms with Crippen LogP contribution in [-0.2, 0) is 0 Å². The molecule has 0 heterocycles. The van der Waals surface area contributed by atoms with Crippen LogP contribution in [-0.4, -0.2) is 6.36 Å². The second kappa shape index (κ2) is 8.29. The molecule has 5 heteroatoms. The second-order valence-electron chi connectivity index (χ2n) is 8.14. The van der Waals surface area contributed by atoms with Crippen LogP contribution in [0.1, 0.15) is 50.5 Å². The summed E-state index contributed by atoms with van der Waals surface area (Å²) in [6, 6.07) is 14.8. The van der Waals surface area contributed by atoms with Gasteiger partial charge < -0.3 is 4.74 Å². The van der Waals surface area contributed by atoms with E-state index in [1.54, 1.807) is 30.3 Å². The SMILES string of the molecule is CCC1CCC(c2ccc(-c3ccc4cc(OC(F)(F)F)ccc4c3)c(F)c2)CC1. The summed E-state index contributed by atoms with van der Waals surface area (Å²) < 4.78 is 56.1. The van der Waals surface area contributed by atoms with Gasteiger partial charge in [0.2, 0.25) is 0 Å². The fraction of sp³-hybridized carbons (Fsp3) is 0.360. The number of alkyl halides is 3. The minimum absolute atomic E-state index is 0.263. The van der Waals surface area contributed by atoms with Crippen molar-refractivity contribution in [2.75, 3.05) is 0 Å². The number of hydrogen-bond donors (Lipinski definition) is 0. The number of hydrogen-bond acceptors (Lipinski definition) is 1. The van der Waals surface area contributed by atoms with Crippen LogP contribution in [0, 0.1) is 11.7 Å². The molecule has 1 nitrogen and oxygen atoms in total. The van der Waals surface area contributed by atoms with Gasteiger partial charge in [-0.3, -0.25) is 0 Å². The van der Waals surface area contributed by atoms with Crippen LogP contribution in [0.3, 0.4) is 0 Å². The van der Waals surface area contributed by atoms with E-state index in [9.17, 15) is 17.6 Å². The van der Waals surface area contributed by atoms with E-state index in [1.165, 1.54) is 31.4 Å². The van der Waals surface area contributed by atoms with Gasteiger partial charge in [-0.15, -0.1) is 13.2 Å². The Morgan fingerprint density at radius 2 is 1.57 bits per heavy atom. The van der Waals surface area contributed by atoms with E-state index in [-0.39, 0.29) is 11.6 Å². The number of rotatable bonds is 4. The monoisotopic (exact) mass is 416 g/mol. The summed E-state index contributed by atoms with van der Waals surface area (Å²) in [7, 11) is 0. The first-order chi connectivity index (χ1) is 14.3. The lowest BCUT2D eigenvalue weighted by atomic mass is 9.77. The van der Waals surface area contributed by atoms with E-state index in [4.69, 9.17) is 0 Å². The third-order valence-corrected chi connectivity index (χ3v) is 6.24. The van der Waals surface area contributed by atoms with Crippen LogP contribution < -0.4 is 4.74 Å². The van der Waals surface area contributed by atoms with E-state index in [0.29, 0.717) is 22.4 Å². The van der Waals surface area contributed by atoms with Crippen LogP contribution in [0.15, 0.2) is 54.6 Å². The Hall–Kier alpha value is -2.56. The van der Waals surface area contributed by atoms with Crippen molar-refractivity contribution < 1.29 is 22.3 Å². The highest BCUT2D eigenvalue weighted by atomic mass is 19.4. The van der Waals surface area contributed by atoms with Crippen LogP contribution >= 0.6 is 0 Å². The van der Waals surface area contributed by atoms with Crippen molar-refractivity contribution in [1.82, 2.24) is 0 Å². The molecule has 0 bridgehead atoms. The molecule has 1 aliphatic carbocycles. The fourth-order valence-corrected chi connectivity index (χ4v) is 4.51. The van der Waals surface area contributed by atoms with Gasteiger partial charge in [0.05, 0.1) is 0 Å². The van der Waals surface area contributed by atoms with Crippen molar-refractivity contribution >= 4 is 10.8 Å². The van der Waals surface area contributed by atoms with Gasteiger partial charge in [0.1, 0.15) is 11.6 Å². The zero-order valence-corrected chi connectivity index (χ0v) is 16.8. The maximum Gasteiger partial charge on any atom is 0.573 e. The average molecular weight is 416 g/mol. The predicted octanol–water partition coefficient (Wildman–Crippen LogP) is 8.23. The van der Waals surface area contributed by atoms with Crippen LogP contribution in [0.5, 0.6) is 5.75 Å². The molecular weight excluding hydrogens is 392 g/mol. The lowest BCUT2D eigenvalue weighted by molar-refractivity contribution is -0.274. The normalized spacial score (nSPS) is 19.8. The Kier molecular flexibility index (Phi) is 5.72. The smallest absolute Gasteiger partial charge is 0.406 e. The van der Waals surface area contributed by atoms with E-state index >= 15 is 0 Å². The van der Waals surface area contributed by atoms with Gasteiger partial charge in [0.25, 0.3) is 0 Å². The predicted molar refractivity (Wildman–Crippen MR) is 111 cm³/mol. The maximum atomic E-state index is 14.9. The lowest BCUT2D eigenvalue weighted by Crippen LogP contribution is -2.16. The van der Waals surface area contributed by atoms with Gasteiger partial charge in [-0.1, -0.05) is 43.7 Å². The summed E-state index contributed by atoms with van der Waals surface area (Å²) in [6.07, 6.45) is 1.11. The lowest BCUT2D eigenvalue weighted by Gasteiger charge is -2.28. The molecular formula is C25H24F4O. The Morgan fingerprint density at radius 1 is 0.867 bits per heavy atom. The highest BCUT2D eigenvalue weighted by molar-refractivity contribution is 5.88. The van der Waals surface area contributed by atoms with E-state index in [0.717, 1.165) is 29.7 Å². The summed E-state index contributed by atoms with van der Waals surface area (Å²) in [4.78, 5) is 0. The zero-order valence-electron chi connectivity index (χ0n) is 16.8. The van der Waals surface area contributed by atoms with Crippen molar-refractivity contribution in [2.24, 2.45) is 5.92 Å². The summed E-state index contributed by atoms with van der Waals surface area (Å²) in [5, 5.41) is 1.33. The van der Waals surface area contributed by atoms with Gasteiger partial charge >= 0.3 is 6.36 Å². The summed E-state index contributed by atoms with van der Waals surface area (Å²) in [5.41, 5.74) is 2.25. The van der Waals surface area contributed by atoms with Crippen LogP contribution in [0.2, 0.25) is 0 Å². The maximum absolute atomic E-state index is 14.9. The van der Waals surface area contributed by atoms with E-state index < -0.39 is 6.36 Å². The molecule has 3 aromatic rings. The minimum atomic E-state index is -4.73. The van der Waals surface area contributed by atoms with Gasteiger partial charge in [0.15, 0.2) is 0 Å². The van der Waals surface area contributed by atoms with Crippen molar-refractivity contribution in [2.45, 2.75) is 51.3 Å². The molecule has 0 N–H and O–H groups in total. The molecule has 0 aliphatic heterocycles. The molecule has 0 aromatic heterocycles. The summed E-state index contributed by atoms with van der Waals surface area (Å²) in [5.74, 6) is 0.683. The molecule has 0 saturated heterocycles. The first-order valence-corrected chi connectivity index (χ1v) is 10.4. The van der Waals surface area contributed by atoms with Crippen molar-refractivity contribution in [1.29, 1.82) is 0 Å². The van der Waals surface area contributed by atoms with Crippen LogP contribution in [0.25, 0.3) is 21.9 Å². The molecule has 0 unspecified atom stereocenters. The van der Waals surface area contributed by atoms with Gasteiger partial charge in [0, 0.05) is 5.56 Å². The largest absolute Gasteiger partial charge is 0.573 e. The Bertz CT molecular complexity index is 1030. The van der Waals surface area contributed by atoms with Gasteiger partial charge in [-0.05, 0) is 83.7 Å². The fourth-order valence-electron chi connectivity index (χ4n) is 4.51. The van der Waals surface area contributed by atoms with Crippen molar-refractivity contribution in [3.8, 4) is 16.9 Å². The topological polar surface area (TPSA) is 9.23 Å². The number of halogens is 4. The quantitative estimate of drug-likeness (QED) is 0.389. The first kappa shape index (κ1) is 20.7. The van der Waals surface area contributed by atoms with E-state index in [1.807, 2.05) is 12.1 Å². The molecule has 3 aromatic carbocycles. The Morgan fingerprint density at radius 3 is 2.23 bits per heavy atom. The minimum Gasteiger partial charge on any atom is -0.406 e. The highest BCUT2D eigenvalue weighted by Gasteiger charge is 2.31. The van der Waals surface area contributed by atoms with Gasteiger partial charge in [-0.25, -0.2) is 4.39 Å². The number of benzene rings is 3. The highest BCUT2D eigenvalue weighted by Crippen LogP contribution is 2.38. The third kappa shape index (κ3) is 4.61. The van der Waals surface area contributed by atoms with Gasteiger partial charge in [-0.2, -0.15) is 0 Å². The average Bonchev–Trinajstić information content (AvgIpc) is 2.72. The molecule has 4 rings (SSSR count). The standard InChI is InChI=1S/C25H24F4O/c1-2-16-3-5-17(6-4-16)20-10-12-23(24(26)15-20)21-8-7-19-14-22(30-25(27,28)29)11-9-18(19)13-21/h7-17H,2-6H2,1H3. The van der Waals surface area contributed by atoms with Crippen LogP contribution in [0.4, 0.5) is 17.6 Å². The van der Waals surface area contributed by atoms with Crippen molar-refractivity contribution in [3.63, 3.8) is 0 Å².